The molecule has 2 aromatic rings. The lowest BCUT2D eigenvalue weighted by molar-refractivity contribution is 0.155. The van der Waals surface area contributed by atoms with E-state index in [0.717, 1.165) is 41.9 Å². The van der Waals surface area contributed by atoms with E-state index in [1.54, 1.807) is 14.2 Å². The topological polar surface area (TPSA) is 60.0 Å². The second kappa shape index (κ2) is 9.94. The Hall–Kier alpha value is -2.89. The summed E-state index contributed by atoms with van der Waals surface area (Å²) in [4.78, 5) is 14.6. The molecule has 1 saturated carbocycles. The van der Waals surface area contributed by atoms with Gasteiger partial charge in [0.25, 0.3) is 0 Å². The number of carbonyl (C=O) groups is 1. The zero-order valence-electron chi connectivity index (χ0n) is 18.5. The van der Waals surface area contributed by atoms with Gasteiger partial charge in [0.2, 0.25) is 0 Å². The van der Waals surface area contributed by atoms with E-state index in [1.807, 2.05) is 41.3 Å². The average molecular weight is 425 g/mol. The first-order chi connectivity index (χ1) is 15.2. The van der Waals surface area contributed by atoms with Crippen molar-refractivity contribution < 1.29 is 19.0 Å². The van der Waals surface area contributed by atoms with Crippen LogP contribution in [0.15, 0.2) is 36.4 Å². The third-order valence-electron chi connectivity index (χ3n) is 6.23. The molecule has 1 fully saturated rings. The van der Waals surface area contributed by atoms with Crippen molar-refractivity contribution in [3.8, 4) is 17.2 Å². The molecule has 1 heterocycles. The van der Waals surface area contributed by atoms with Crippen LogP contribution in [0.5, 0.6) is 17.2 Å². The van der Waals surface area contributed by atoms with Gasteiger partial charge in [0, 0.05) is 19.6 Å². The van der Waals surface area contributed by atoms with Crippen molar-refractivity contribution in [3.05, 3.63) is 53.1 Å². The molecule has 6 nitrogen and oxygen atoms in total. The van der Waals surface area contributed by atoms with Crippen LogP contribution < -0.4 is 19.5 Å². The molecule has 1 aliphatic carbocycles. The fourth-order valence-corrected chi connectivity index (χ4v) is 4.41. The molecule has 166 valence electrons. The highest BCUT2D eigenvalue weighted by Crippen LogP contribution is 2.33. The van der Waals surface area contributed by atoms with Crippen LogP contribution in [0.3, 0.4) is 0 Å². The van der Waals surface area contributed by atoms with Crippen molar-refractivity contribution in [2.24, 2.45) is 0 Å². The lowest BCUT2D eigenvalue weighted by Gasteiger charge is -2.29. The SMILES string of the molecule is COc1cc2c(cc1OC)CN(C(=O)NCc1ccc(OC3CCCCC3)cc1)CC2. The molecule has 0 bridgehead atoms. The third-order valence-corrected chi connectivity index (χ3v) is 6.23. The summed E-state index contributed by atoms with van der Waals surface area (Å²) in [6, 6.07) is 12.0. The number of urea groups is 1. The zero-order valence-corrected chi connectivity index (χ0v) is 18.5. The van der Waals surface area contributed by atoms with E-state index in [4.69, 9.17) is 14.2 Å². The monoisotopic (exact) mass is 424 g/mol. The Morgan fingerprint density at radius 1 is 1.00 bits per heavy atom. The van der Waals surface area contributed by atoms with Gasteiger partial charge in [-0.2, -0.15) is 0 Å². The maximum Gasteiger partial charge on any atom is 0.317 e. The maximum atomic E-state index is 12.7. The van der Waals surface area contributed by atoms with E-state index >= 15 is 0 Å². The number of carbonyl (C=O) groups excluding carboxylic acids is 1. The summed E-state index contributed by atoms with van der Waals surface area (Å²) in [6.45, 7) is 1.75. The summed E-state index contributed by atoms with van der Waals surface area (Å²) in [5, 5.41) is 3.04. The summed E-state index contributed by atoms with van der Waals surface area (Å²) in [6.07, 6.45) is 7.29. The van der Waals surface area contributed by atoms with Crippen molar-refractivity contribution in [1.82, 2.24) is 10.2 Å². The van der Waals surface area contributed by atoms with Crippen molar-refractivity contribution >= 4 is 6.03 Å². The molecule has 0 aromatic heterocycles. The quantitative estimate of drug-likeness (QED) is 0.731. The third kappa shape index (κ3) is 5.24. The predicted octanol–water partition coefficient (Wildman–Crippen LogP) is 4.68. The van der Waals surface area contributed by atoms with E-state index in [1.165, 1.54) is 24.8 Å². The van der Waals surface area contributed by atoms with Crippen molar-refractivity contribution in [2.75, 3.05) is 20.8 Å². The number of methoxy groups -OCH3 is 2. The highest BCUT2D eigenvalue weighted by Gasteiger charge is 2.22. The van der Waals surface area contributed by atoms with Crippen LogP contribution in [0, 0.1) is 0 Å². The molecule has 2 aliphatic rings. The van der Waals surface area contributed by atoms with Crippen LogP contribution in [0.25, 0.3) is 0 Å². The fourth-order valence-electron chi connectivity index (χ4n) is 4.41. The fraction of sp³-hybridized carbons (Fsp3) is 0.480. The minimum absolute atomic E-state index is 0.0528. The van der Waals surface area contributed by atoms with Gasteiger partial charge in [0.05, 0.1) is 20.3 Å². The normalized spacial score (nSPS) is 16.4. The van der Waals surface area contributed by atoms with Crippen LogP contribution in [0.1, 0.15) is 48.8 Å². The Bertz CT molecular complexity index is 891. The number of hydrogen-bond donors (Lipinski definition) is 1. The Morgan fingerprint density at radius 2 is 1.68 bits per heavy atom. The number of benzene rings is 2. The van der Waals surface area contributed by atoms with Crippen LogP contribution in [0.2, 0.25) is 0 Å². The van der Waals surface area contributed by atoms with E-state index < -0.39 is 0 Å². The summed E-state index contributed by atoms with van der Waals surface area (Å²) >= 11 is 0. The van der Waals surface area contributed by atoms with Gasteiger partial charge in [-0.15, -0.1) is 0 Å². The van der Waals surface area contributed by atoms with Crippen LogP contribution in [-0.4, -0.2) is 37.8 Å². The first kappa shape index (κ1) is 21.3. The summed E-state index contributed by atoms with van der Waals surface area (Å²) in [5.41, 5.74) is 3.37. The number of nitrogens with zero attached hydrogens (tertiary/aromatic N) is 1. The van der Waals surface area contributed by atoms with Crippen molar-refractivity contribution in [3.63, 3.8) is 0 Å². The number of amides is 2. The molecule has 4 rings (SSSR count). The molecule has 6 heteroatoms. The molecule has 31 heavy (non-hydrogen) atoms. The van der Waals surface area contributed by atoms with Gasteiger partial charge in [-0.3, -0.25) is 0 Å². The van der Waals surface area contributed by atoms with E-state index in [2.05, 4.69) is 5.32 Å². The Kier molecular flexibility index (Phi) is 6.85. The summed E-state index contributed by atoms with van der Waals surface area (Å²) < 4.78 is 16.9. The number of hydrogen-bond acceptors (Lipinski definition) is 4. The van der Waals surface area contributed by atoms with Gasteiger partial charge >= 0.3 is 6.03 Å². The average Bonchev–Trinajstić information content (AvgIpc) is 2.82. The number of ether oxygens (including phenoxy) is 3. The van der Waals surface area contributed by atoms with Crippen LogP contribution in [-0.2, 0) is 19.5 Å². The Morgan fingerprint density at radius 3 is 2.35 bits per heavy atom. The Balaban J connectivity index is 1.30. The molecule has 0 atom stereocenters. The molecule has 0 saturated heterocycles. The van der Waals surface area contributed by atoms with E-state index in [9.17, 15) is 4.79 Å². The number of rotatable bonds is 6. The van der Waals surface area contributed by atoms with Crippen LogP contribution in [0.4, 0.5) is 4.79 Å². The smallest absolute Gasteiger partial charge is 0.317 e. The van der Waals surface area contributed by atoms with Crippen molar-refractivity contribution in [1.29, 1.82) is 0 Å². The van der Waals surface area contributed by atoms with Gasteiger partial charge in [0.1, 0.15) is 5.75 Å². The number of nitrogens with one attached hydrogen (secondary N) is 1. The molecule has 0 spiro atoms. The second-order valence-electron chi connectivity index (χ2n) is 8.33. The van der Waals surface area contributed by atoms with Gasteiger partial charge in [-0.05, 0) is 73.1 Å². The van der Waals surface area contributed by atoms with Gasteiger partial charge < -0.3 is 24.4 Å². The second-order valence-corrected chi connectivity index (χ2v) is 8.33. The highest BCUT2D eigenvalue weighted by atomic mass is 16.5. The lowest BCUT2D eigenvalue weighted by Crippen LogP contribution is -2.42. The molecule has 0 unspecified atom stereocenters. The zero-order chi connectivity index (χ0) is 21.6. The van der Waals surface area contributed by atoms with E-state index in [0.29, 0.717) is 31.5 Å². The minimum Gasteiger partial charge on any atom is -0.493 e. The molecule has 1 aliphatic heterocycles. The maximum absolute atomic E-state index is 12.7. The summed E-state index contributed by atoms with van der Waals surface area (Å²) in [7, 11) is 3.27. The Labute approximate surface area is 184 Å². The summed E-state index contributed by atoms with van der Waals surface area (Å²) in [5.74, 6) is 2.34. The van der Waals surface area contributed by atoms with Gasteiger partial charge in [0.15, 0.2) is 11.5 Å². The van der Waals surface area contributed by atoms with Crippen LogP contribution >= 0.6 is 0 Å². The lowest BCUT2D eigenvalue weighted by atomic mass is 9.98. The first-order valence-corrected chi connectivity index (χ1v) is 11.2. The predicted molar refractivity (Wildman–Crippen MR) is 120 cm³/mol. The van der Waals surface area contributed by atoms with Gasteiger partial charge in [-0.1, -0.05) is 18.6 Å². The van der Waals surface area contributed by atoms with Crippen molar-refractivity contribution in [2.45, 2.75) is 57.7 Å². The molecule has 1 N–H and O–H groups in total. The van der Waals surface area contributed by atoms with Gasteiger partial charge in [-0.25, -0.2) is 4.79 Å². The molecular weight excluding hydrogens is 392 g/mol. The minimum atomic E-state index is -0.0528. The molecular formula is C25H32N2O4. The number of fused-ring (bicyclic) bond motifs is 1. The van der Waals surface area contributed by atoms with E-state index in [-0.39, 0.29) is 6.03 Å². The highest BCUT2D eigenvalue weighted by molar-refractivity contribution is 5.74. The first-order valence-electron chi connectivity index (χ1n) is 11.2. The molecule has 2 aromatic carbocycles. The molecule has 0 radical (unpaired) electrons. The largest absolute Gasteiger partial charge is 0.493 e. The molecule has 2 amide bonds. The standard InChI is InChI=1S/C25H32N2O4/c1-29-23-14-19-12-13-27(17-20(19)15-24(23)30-2)25(28)26-16-18-8-10-22(11-9-18)31-21-6-4-3-5-7-21/h8-11,14-15,21H,3-7,12-13,16-17H2,1-2H3,(H,26,28).